The first-order valence-electron chi connectivity index (χ1n) is 4.41. The average molecular weight is 211 g/mol. The Morgan fingerprint density at radius 1 is 1.15 bits per heavy atom. The highest BCUT2D eigenvalue weighted by Crippen LogP contribution is 2.50. The molecular weight excluding hydrogens is 198 g/mol. The second-order valence-electron chi connectivity index (χ2n) is 3.02. The molecule has 0 unspecified atom stereocenters. The minimum atomic E-state index is 0.140. The molecule has 70 valence electrons. The molecule has 13 heavy (non-hydrogen) atoms. The molecule has 1 aliphatic heterocycles. The standard InChI is InChI=1S/C10H13NS2/c11-8-10(12-6-7-13-10)9-4-2-1-3-5-9/h1-5H,6-8,11H2. The predicted molar refractivity (Wildman–Crippen MR) is 62.1 cm³/mol. The summed E-state index contributed by atoms with van der Waals surface area (Å²) in [5.74, 6) is 2.44. The van der Waals surface area contributed by atoms with Gasteiger partial charge in [-0.2, -0.15) is 0 Å². The second-order valence-corrected chi connectivity index (χ2v) is 6.07. The number of hydrogen-bond acceptors (Lipinski definition) is 3. The van der Waals surface area contributed by atoms with Crippen molar-refractivity contribution in [2.45, 2.75) is 4.08 Å². The van der Waals surface area contributed by atoms with Crippen LogP contribution in [-0.4, -0.2) is 18.1 Å². The normalized spacial score (nSPS) is 20.4. The minimum Gasteiger partial charge on any atom is -0.328 e. The number of nitrogens with two attached hydrogens (primary N) is 1. The summed E-state index contributed by atoms with van der Waals surface area (Å²) in [6.45, 7) is 0.729. The molecule has 2 rings (SSSR count). The van der Waals surface area contributed by atoms with Crippen LogP contribution in [0.4, 0.5) is 0 Å². The highest BCUT2D eigenvalue weighted by Gasteiger charge is 2.35. The smallest absolute Gasteiger partial charge is 0.0982 e. The van der Waals surface area contributed by atoms with Crippen LogP contribution >= 0.6 is 23.5 Å². The fourth-order valence-electron chi connectivity index (χ4n) is 1.55. The topological polar surface area (TPSA) is 26.0 Å². The summed E-state index contributed by atoms with van der Waals surface area (Å²) >= 11 is 3.96. The molecule has 1 aromatic carbocycles. The summed E-state index contributed by atoms with van der Waals surface area (Å²) in [4.78, 5) is 0. The number of benzene rings is 1. The SMILES string of the molecule is NCC1(c2ccccc2)SCCS1. The zero-order chi connectivity index (χ0) is 9.15. The molecule has 0 aliphatic carbocycles. The van der Waals surface area contributed by atoms with Crippen LogP contribution in [0.1, 0.15) is 5.56 Å². The monoisotopic (exact) mass is 211 g/mol. The van der Waals surface area contributed by atoms with Crippen molar-refractivity contribution in [1.82, 2.24) is 0 Å². The quantitative estimate of drug-likeness (QED) is 0.813. The summed E-state index contributed by atoms with van der Waals surface area (Å²) in [5, 5.41) is 0. The third-order valence-electron chi connectivity index (χ3n) is 2.24. The van der Waals surface area contributed by atoms with E-state index >= 15 is 0 Å². The van der Waals surface area contributed by atoms with Crippen molar-refractivity contribution in [3.63, 3.8) is 0 Å². The van der Waals surface area contributed by atoms with Crippen LogP contribution in [0.5, 0.6) is 0 Å². The van der Waals surface area contributed by atoms with Crippen molar-refractivity contribution in [3.05, 3.63) is 35.9 Å². The van der Waals surface area contributed by atoms with Gasteiger partial charge in [-0.25, -0.2) is 0 Å². The summed E-state index contributed by atoms with van der Waals surface area (Å²) in [7, 11) is 0. The maximum atomic E-state index is 5.86. The number of thioether (sulfide) groups is 2. The molecule has 1 fully saturated rings. The van der Waals surface area contributed by atoms with E-state index in [1.165, 1.54) is 17.1 Å². The highest BCUT2D eigenvalue weighted by atomic mass is 32.2. The van der Waals surface area contributed by atoms with Crippen LogP contribution in [0.25, 0.3) is 0 Å². The molecule has 2 N–H and O–H groups in total. The van der Waals surface area contributed by atoms with Gasteiger partial charge < -0.3 is 5.73 Å². The van der Waals surface area contributed by atoms with E-state index in [1.807, 2.05) is 23.5 Å². The van der Waals surface area contributed by atoms with Gasteiger partial charge in [0.15, 0.2) is 0 Å². The first-order chi connectivity index (χ1) is 6.37. The summed E-state index contributed by atoms with van der Waals surface area (Å²) in [6, 6.07) is 10.6. The Balaban J connectivity index is 2.31. The molecule has 0 bridgehead atoms. The molecule has 1 aromatic rings. The van der Waals surface area contributed by atoms with Gasteiger partial charge in [0.05, 0.1) is 4.08 Å². The van der Waals surface area contributed by atoms with Crippen molar-refractivity contribution >= 4 is 23.5 Å². The van der Waals surface area contributed by atoms with Gasteiger partial charge in [-0.3, -0.25) is 0 Å². The molecular formula is C10H13NS2. The Kier molecular flexibility index (Phi) is 2.86. The third-order valence-corrected chi connectivity index (χ3v) is 5.76. The molecule has 1 heterocycles. The van der Waals surface area contributed by atoms with Gasteiger partial charge in [0, 0.05) is 18.1 Å². The van der Waals surface area contributed by atoms with Crippen LogP contribution in [0.15, 0.2) is 30.3 Å². The first kappa shape index (κ1) is 9.44. The second kappa shape index (κ2) is 3.95. The van der Waals surface area contributed by atoms with Crippen LogP contribution in [0, 0.1) is 0 Å². The molecule has 0 aromatic heterocycles. The van der Waals surface area contributed by atoms with Gasteiger partial charge >= 0.3 is 0 Å². The predicted octanol–water partition coefficient (Wildman–Crippen LogP) is 2.28. The molecule has 1 saturated heterocycles. The molecule has 0 radical (unpaired) electrons. The molecule has 0 spiro atoms. The largest absolute Gasteiger partial charge is 0.328 e. The number of hydrogen-bond donors (Lipinski definition) is 1. The summed E-state index contributed by atoms with van der Waals surface area (Å²) < 4.78 is 0.140. The lowest BCUT2D eigenvalue weighted by Gasteiger charge is -2.25. The lowest BCUT2D eigenvalue weighted by Crippen LogP contribution is -2.25. The fourth-order valence-corrected chi connectivity index (χ4v) is 4.55. The van der Waals surface area contributed by atoms with Crippen LogP contribution in [0.2, 0.25) is 0 Å². The summed E-state index contributed by atoms with van der Waals surface area (Å²) in [5.41, 5.74) is 7.22. The lowest BCUT2D eigenvalue weighted by molar-refractivity contribution is 0.886. The molecule has 0 saturated carbocycles. The minimum absolute atomic E-state index is 0.140. The van der Waals surface area contributed by atoms with E-state index in [0.717, 1.165) is 6.54 Å². The maximum absolute atomic E-state index is 5.86. The summed E-state index contributed by atoms with van der Waals surface area (Å²) in [6.07, 6.45) is 0. The van der Waals surface area contributed by atoms with Gasteiger partial charge in [0.1, 0.15) is 0 Å². The zero-order valence-corrected chi connectivity index (χ0v) is 9.03. The Hall–Kier alpha value is -0.120. The Bertz CT molecular complexity index is 268. The van der Waals surface area contributed by atoms with E-state index in [9.17, 15) is 0 Å². The van der Waals surface area contributed by atoms with Crippen molar-refractivity contribution in [1.29, 1.82) is 0 Å². The van der Waals surface area contributed by atoms with Gasteiger partial charge in [-0.05, 0) is 5.56 Å². The molecule has 3 heteroatoms. The Morgan fingerprint density at radius 3 is 2.31 bits per heavy atom. The fraction of sp³-hybridized carbons (Fsp3) is 0.400. The van der Waals surface area contributed by atoms with E-state index < -0.39 is 0 Å². The van der Waals surface area contributed by atoms with Gasteiger partial charge in [0.2, 0.25) is 0 Å². The average Bonchev–Trinajstić information content (AvgIpc) is 2.69. The van der Waals surface area contributed by atoms with E-state index in [0.29, 0.717) is 0 Å². The van der Waals surface area contributed by atoms with E-state index in [2.05, 4.69) is 30.3 Å². The van der Waals surface area contributed by atoms with E-state index in [1.54, 1.807) is 0 Å². The van der Waals surface area contributed by atoms with E-state index in [-0.39, 0.29) is 4.08 Å². The van der Waals surface area contributed by atoms with Crippen molar-refractivity contribution in [3.8, 4) is 0 Å². The zero-order valence-electron chi connectivity index (χ0n) is 7.40. The van der Waals surface area contributed by atoms with Crippen molar-refractivity contribution in [2.24, 2.45) is 5.73 Å². The van der Waals surface area contributed by atoms with Gasteiger partial charge in [-0.1, -0.05) is 30.3 Å². The molecule has 1 nitrogen and oxygen atoms in total. The van der Waals surface area contributed by atoms with Gasteiger partial charge in [0.25, 0.3) is 0 Å². The Morgan fingerprint density at radius 2 is 1.77 bits per heavy atom. The highest BCUT2D eigenvalue weighted by molar-refractivity contribution is 8.20. The van der Waals surface area contributed by atoms with Crippen molar-refractivity contribution in [2.75, 3.05) is 18.1 Å². The lowest BCUT2D eigenvalue weighted by atomic mass is 10.1. The van der Waals surface area contributed by atoms with Crippen LogP contribution < -0.4 is 5.73 Å². The number of rotatable bonds is 2. The Labute approximate surface area is 87.5 Å². The van der Waals surface area contributed by atoms with Crippen molar-refractivity contribution < 1.29 is 0 Å². The maximum Gasteiger partial charge on any atom is 0.0982 e. The van der Waals surface area contributed by atoms with E-state index in [4.69, 9.17) is 5.73 Å². The first-order valence-corrected chi connectivity index (χ1v) is 6.38. The molecule has 0 amide bonds. The van der Waals surface area contributed by atoms with Crippen LogP contribution in [-0.2, 0) is 4.08 Å². The third kappa shape index (κ3) is 1.73. The van der Waals surface area contributed by atoms with Crippen LogP contribution in [0.3, 0.4) is 0 Å². The molecule has 1 aliphatic rings. The van der Waals surface area contributed by atoms with Gasteiger partial charge in [-0.15, -0.1) is 23.5 Å². The molecule has 0 atom stereocenters.